The van der Waals surface area contributed by atoms with Crippen molar-refractivity contribution in [3.63, 3.8) is 0 Å². The summed E-state index contributed by atoms with van der Waals surface area (Å²) < 4.78 is 20.5. The molecule has 0 aromatic heterocycles. The topological polar surface area (TPSA) is 9.23 Å². The zero-order valence-electron chi connectivity index (χ0n) is 14.6. The van der Waals surface area contributed by atoms with Crippen LogP contribution in [0.4, 0.5) is 4.39 Å². The summed E-state index contributed by atoms with van der Waals surface area (Å²) in [5, 5.41) is 1.63. The number of benzene rings is 2. The Morgan fingerprint density at radius 1 is 1.17 bits per heavy atom. The highest BCUT2D eigenvalue weighted by atomic mass is 19.1. The van der Waals surface area contributed by atoms with Crippen molar-refractivity contribution >= 4 is 10.8 Å². The first kappa shape index (κ1) is 17.0. The Labute approximate surface area is 144 Å². The van der Waals surface area contributed by atoms with Crippen LogP contribution < -0.4 is 4.74 Å². The quantitative estimate of drug-likeness (QED) is 0.542. The van der Waals surface area contributed by atoms with Gasteiger partial charge < -0.3 is 4.74 Å². The summed E-state index contributed by atoms with van der Waals surface area (Å²) in [6, 6.07) is 9.68. The Balaban J connectivity index is 1.77. The number of ether oxygens (including phenoxy) is 1. The lowest BCUT2D eigenvalue weighted by atomic mass is 9.77. The molecule has 0 heterocycles. The van der Waals surface area contributed by atoms with Crippen molar-refractivity contribution in [1.82, 2.24) is 0 Å². The van der Waals surface area contributed by atoms with E-state index in [9.17, 15) is 0 Å². The van der Waals surface area contributed by atoms with Gasteiger partial charge in [0.1, 0.15) is 11.6 Å². The fourth-order valence-corrected chi connectivity index (χ4v) is 3.97. The molecule has 3 rings (SSSR count). The fraction of sp³-hybridized carbons (Fsp3) is 0.455. The second-order valence-corrected chi connectivity index (χ2v) is 6.87. The minimum absolute atomic E-state index is 0.0370. The van der Waals surface area contributed by atoms with Crippen molar-refractivity contribution in [3.8, 4) is 5.75 Å². The second-order valence-electron chi connectivity index (χ2n) is 6.87. The summed E-state index contributed by atoms with van der Waals surface area (Å²) in [6.45, 7) is 6.39. The SMILES string of the molecule is C=CCCC1CCC(c2ccc3cc(OCC)ccc3c2F)CC1. The molecule has 1 nitrogen and oxygen atoms in total. The molecule has 2 aromatic rings. The molecule has 2 heteroatoms. The molecule has 0 atom stereocenters. The van der Waals surface area contributed by atoms with E-state index in [0.717, 1.165) is 41.9 Å². The molecule has 128 valence electrons. The molecule has 1 aliphatic carbocycles. The molecule has 24 heavy (non-hydrogen) atoms. The van der Waals surface area contributed by atoms with Crippen molar-refractivity contribution < 1.29 is 9.13 Å². The van der Waals surface area contributed by atoms with Crippen molar-refractivity contribution in [2.45, 2.75) is 51.4 Å². The Kier molecular flexibility index (Phi) is 5.55. The van der Waals surface area contributed by atoms with Crippen LogP contribution in [0.25, 0.3) is 10.8 Å². The van der Waals surface area contributed by atoms with E-state index < -0.39 is 0 Å². The minimum Gasteiger partial charge on any atom is -0.494 e. The lowest BCUT2D eigenvalue weighted by molar-refractivity contribution is 0.308. The van der Waals surface area contributed by atoms with Crippen LogP contribution in [0, 0.1) is 11.7 Å². The summed E-state index contributed by atoms with van der Waals surface area (Å²) in [7, 11) is 0. The molecule has 0 spiro atoms. The maximum atomic E-state index is 15.0. The third kappa shape index (κ3) is 3.63. The van der Waals surface area contributed by atoms with E-state index in [1.807, 2.05) is 43.3 Å². The number of halogens is 1. The van der Waals surface area contributed by atoms with E-state index in [1.54, 1.807) is 0 Å². The molecule has 0 N–H and O–H groups in total. The zero-order valence-corrected chi connectivity index (χ0v) is 14.6. The van der Waals surface area contributed by atoms with Gasteiger partial charge >= 0.3 is 0 Å². The zero-order chi connectivity index (χ0) is 16.9. The van der Waals surface area contributed by atoms with Gasteiger partial charge in [0, 0.05) is 5.39 Å². The molecule has 0 radical (unpaired) electrons. The van der Waals surface area contributed by atoms with Gasteiger partial charge in [-0.25, -0.2) is 4.39 Å². The average Bonchev–Trinajstić information content (AvgIpc) is 2.61. The van der Waals surface area contributed by atoms with Crippen LogP contribution in [0.5, 0.6) is 5.75 Å². The number of allylic oxidation sites excluding steroid dienone is 1. The Morgan fingerprint density at radius 3 is 2.67 bits per heavy atom. The van der Waals surface area contributed by atoms with E-state index in [2.05, 4.69) is 6.58 Å². The predicted octanol–water partition coefficient (Wildman–Crippen LogP) is 6.62. The van der Waals surface area contributed by atoms with Crippen LogP contribution in [0.2, 0.25) is 0 Å². The summed E-state index contributed by atoms with van der Waals surface area (Å²) in [5.74, 6) is 1.92. The van der Waals surface area contributed by atoms with Crippen molar-refractivity contribution in [2.24, 2.45) is 5.92 Å². The van der Waals surface area contributed by atoms with Crippen LogP contribution in [0.15, 0.2) is 43.0 Å². The van der Waals surface area contributed by atoms with Gasteiger partial charge in [0.2, 0.25) is 0 Å². The molecule has 0 aliphatic heterocycles. The molecule has 0 unspecified atom stereocenters. The van der Waals surface area contributed by atoms with Gasteiger partial charge in [-0.15, -0.1) is 6.58 Å². The van der Waals surface area contributed by atoms with Crippen molar-refractivity contribution in [3.05, 3.63) is 54.4 Å². The van der Waals surface area contributed by atoms with Gasteiger partial charge in [0.25, 0.3) is 0 Å². The number of hydrogen-bond donors (Lipinski definition) is 0. The van der Waals surface area contributed by atoms with E-state index in [0.29, 0.717) is 17.9 Å². The van der Waals surface area contributed by atoms with Gasteiger partial charge in [0.15, 0.2) is 0 Å². The molecule has 1 aliphatic rings. The molecule has 1 saturated carbocycles. The first-order valence-corrected chi connectivity index (χ1v) is 9.18. The van der Waals surface area contributed by atoms with Crippen LogP contribution >= 0.6 is 0 Å². The third-order valence-corrected chi connectivity index (χ3v) is 5.33. The van der Waals surface area contributed by atoms with Gasteiger partial charge in [0.05, 0.1) is 6.61 Å². The summed E-state index contributed by atoms with van der Waals surface area (Å²) in [6.07, 6.45) is 8.95. The highest BCUT2D eigenvalue weighted by Crippen LogP contribution is 2.40. The summed E-state index contributed by atoms with van der Waals surface area (Å²) in [5.41, 5.74) is 0.897. The van der Waals surface area contributed by atoms with Crippen LogP contribution in [0.1, 0.15) is 56.9 Å². The van der Waals surface area contributed by atoms with Gasteiger partial charge in [-0.2, -0.15) is 0 Å². The maximum absolute atomic E-state index is 15.0. The Bertz CT molecular complexity index is 698. The van der Waals surface area contributed by atoms with Gasteiger partial charge in [-0.1, -0.05) is 18.2 Å². The molecule has 0 amide bonds. The number of hydrogen-bond acceptors (Lipinski definition) is 1. The highest BCUT2D eigenvalue weighted by molar-refractivity contribution is 5.85. The van der Waals surface area contributed by atoms with E-state index >= 15 is 4.39 Å². The van der Waals surface area contributed by atoms with E-state index in [4.69, 9.17) is 4.74 Å². The normalized spacial score (nSPS) is 20.9. The van der Waals surface area contributed by atoms with Crippen LogP contribution in [-0.2, 0) is 0 Å². The second kappa shape index (κ2) is 7.83. The Morgan fingerprint density at radius 2 is 1.96 bits per heavy atom. The Hall–Kier alpha value is -1.83. The maximum Gasteiger partial charge on any atom is 0.134 e. The van der Waals surface area contributed by atoms with Crippen LogP contribution in [0.3, 0.4) is 0 Å². The smallest absolute Gasteiger partial charge is 0.134 e. The van der Waals surface area contributed by atoms with Crippen LogP contribution in [-0.4, -0.2) is 6.61 Å². The number of fused-ring (bicyclic) bond motifs is 1. The summed E-state index contributed by atoms with van der Waals surface area (Å²) in [4.78, 5) is 0. The molecule has 0 saturated heterocycles. The standard InChI is InChI=1S/C22H27FO/c1-3-5-6-16-7-9-17(10-8-16)20-13-11-18-15-19(24-4-2)12-14-21(18)22(20)23/h3,11-17H,1,4-10H2,2H3. The first-order valence-electron chi connectivity index (χ1n) is 9.18. The van der Waals surface area contributed by atoms with Gasteiger partial charge in [-0.05, 0) is 86.4 Å². The number of rotatable bonds is 6. The lowest BCUT2D eigenvalue weighted by Crippen LogP contribution is -2.14. The molecular formula is C22H27FO. The largest absolute Gasteiger partial charge is 0.494 e. The van der Waals surface area contributed by atoms with Crippen molar-refractivity contribution in [1.29, 1.82) is 0 Å². The minimum atomic E-state index is -0.0370. The summed E-state index contributed by atoms with van der Waals surface area (Å²) >= 11 is 0. The monoisotopic (exact) mass is 326 g/mol. The molecular weight excluding hydrogens is 299 g/mol. The van der Waals surface area contributed by atoms with E-state index in [-0.39, 0.29) is 5.82 Å². The third-order valence-electron chi connectivity index (χ3n) is 5.33. The average molecular weight is 326 g/mol. The molecule has 0 bridgehead atoms. The fourth-order valence-electron chi connectivity index (χ4n) is 3.97. The van der Waals surface area contributed by atoms with E-state index in [1.165, 1.54) is 19.3 Å². The first-order chi connectivity index (χ1) is 11.7. The molecule has 2 aromatic carbocycles. The lowest BCUT2D eigenvalue weighted by Gasteiger charge is -2.29. The van der Waals surface area contributed by atoms with Gasteiger partial charge in [-0.3, -0.25) is 0 Å². The predicted molar refractivity (Wildman–Crippen MR) is 99.2 cm³/mol. The van der Waals surface area contributed by atoms with Crippen molar-refractivity contribution in [2.75, 3.05) is 6.61 Å². The highest BCUT2D eigenvalue weighted by Gasteiger charge is 2.24. The molecule has 1 fully saturated rings.